The maximum absolute atomic E-state index is 12.1. The van der Waals surface area contributed by atoms with Crippen molar-refractivity contribution in [2.24, 2.45) is 14.1 Å². The van der Waals surface area contributed by atoms with Crippen LogP contribution in [0.4, 0.5) is 0 Å². The molecule has 1 atom stereocenters. The van der Waals surface area contributed by atoms with E-state index in [9.17, 15) is 14.4 Å². The van der Waals surface area contributed by atoms with Crippen LogP contribution in [-0.4, -0.2) is 50.7 Å². The van der Waals surface area contributed by atoms with Gasteiger partial charge in [0.25, 0.3) is 5.56 Å². The Morgan fingerprint density at radius 1 is 1.36 bits per heavy atom. The normalized spacial score (nSPS) is 19.1. The molecule has 22 heavy (non-hydrogen) atoms. The SMILES string of the molecule is CCOC(=O)[C@H]1CSCCN1Cc1cc(=O)n(C)c(=O)n1C. The fourth-order valence-corrected chi connectivity index (χ4v) is 3.52. The number of hydrogen-bond acceptors (Lipinski definition) is 6. The van der Waals surface area contributed by atoms with Crippen LogP contribution >= 0.6 is 11.8 Å². The molecule has 8 heteroatoms. The van der Waals surface area contributed by atoms with Gasteiger partial charge in [0, 0.05) is 50.5 Å². The minimum atomic E-state index is -0.360. The molecule has 1 aliphatic heterocycles. The zero-order valence-corrected chi connectivity index (χ0v) is 13.9. The minimum Gasteiger partial charge on any atom is -0.465 e. The van der Waals surface area contributed by atoms with E-state index in [1.165, 1.54) is 17.7 Å². The Balaban J connectivity index is 2.26. The summed E-state index contributed by atoms with van der Waals surface area (Å²) in [5, 5.41) is 0. The van der Waals surface area contributed by atoms with E-state index in [1.54, 1.807) is 25.7 Å². The first-order valence-corrected chi connectivity index (χ1v) is 8.35. The second-order valence-corrected chi connectivity index (χ2v) is 6.34. The summed E-state index contributed by atoms with van der Waals surface area (Å²) in [4.78, 5) is 37.8. The summed E-state index contributed by atoms with van der Waals surface area (Å²) in [7, 11) is 3.09. The number of carbonyl (C=O) groups is 1. The lowest BCUT2D eigenvalue weighted by Crippen LogP contribution is -2.48. The Kier molecular flexibility index (Phi) is 5.47. The van der Waals surface area contributed by atoms with Gasteiger partial charge in [0.15, 0.2) is 0 Å². The molecule has 1 aromatic rings. The molecule has 1 fully saturated rings. The highest BCUT2D eigenvalue weighted by Crippen LogP contribution is 2.19. The average Bonchev–Trinajstić information content (AvgIpc) is 2.51. The van der Waals surface area contributed by atoms with Crippen molar-refractivity contribution >= 4 is 17.7 Å². The number of thioether (sulfide) groups is 1. The Hall–Kier alpha value is -1.54. The number of aromatic nitrogens is 2. The van der Waals surface area contributed by atoms with Crippen molar-refractivity contribution in [3.8, 4) is 0 Å². The summed E-state index contributed by atoms with van der Waals surface area (Å²) in [5.41, 5.74) is -0.0898. The highest BCUT2D eigenvalue weighted by atomic mass is 32.2. The van der Waals surface area contributed by atoms with Crippen LogP contribution in [0.3, 0.4) is 0 Å². The van der Waals surface area contributed by atoms with Gasteiger partial charge in [0.1, 0.15) is 6.04 Å². The molecule has 1 aromatic heterocycles. The van der Waals surface area contributed by atoms with Gasteiger partial charge < -0.3 is 4.74 Å². The van der Waals surface area contributed by atoms with Crippen molar-refractivity contribution in [1.29, 1.82) is 0 Å². The lowest BCUT2D eigenvalue weighted by Gasteiger charge is -2.33. The van der Waals surface area contributed by atoms with E-state index in [4.69, 9.17) is 4.74 Å². The standard InChI is InChI=1S/C14H21N3O4S/c1-4-21-13(19)11-9-22-6-5-17(11)8-10-7-12(18)16(3)14(20)15(10)2/h7,11H,4-6,8-9H2,1-3H3/t11-/m1/s1. The summed E-state index contributed by atoms with van der Waals surface area (Å²) < 4.78 is 7.64. The second-order valence-electron chi connectivity index (χ2n) is 5.19. The number of nitrogens with zero attached hydrogens (tertiary/aromatic N) is 3. The summed E-state index contributed by atoms with van der Waals surface area (Å²) in [5.74, 6) is 1.33. The van der Waals surface area contributed by atoms with E-state index in [-0.39, 0.29) is 23.3 Å². The lowest BCUT2D eigenvalue weighted by atomic mass is 10.2. The molecule has 1 saturated heterocycles. The largest absolute Gasteiger partial charge is 0.465 e. The van der Waals surface area contributed by atoms with E-state index in [1.807, 2.05) is 4.90 Å². The molecule has 0 amide bonds. The van der Waals surface area contributed by atoms with Gasteiger partial charge in [0.2, 0.25) is 0 Å². The summed E-state index contributed by atoms with van der Waals surface area (Å²) in [6, 6.07) is 1.11. The number of rotatable bonds is 4. The van der Waals surface area contributed by atoms with E-state index >= 15 is 0 Å². The maximum Gasteiger partial charge on any atom is 0.330 e. The molecule has 0 radical (unpaired) electrons. The Morgan fingerprint density at radius 2 is 2.09 bits per heavy atom. The first kappa shape index (κ1) is 16.8. The molecule has 0 saturated carbocycles. The third-order valence-corrected chi connectivity index (χ3v) is 4.81. The molecule has 7 nitrogen and oxygen atoms in total. The maximum atomic E-state index is 12.1. The molecule has 0 aliphatic carbocycles. The van der Waals surface area contributed by atoms with Crippen LogP contribution in [0.5, 0.6) is 0 Å². The van der Waals surface area contributed by atoms with Crippen molar-refractivity contribution in [3.63, 3.8) is 0 Å². The van der Waals surface area contributed by atoms with Gasteiger partial charge in [-0.05, 0) is 6.92 Å². The van der Waals surface area contributed by atoms with Gasteiger partial charge in [-0.1, -0.05) is 0 Å². The number of hydrogen-bond donors (Lipinski definition) is 0. The van der Waals surface area contributed by atoms with Crippen LogP contribution in [0.15, 0.2) is 15.7 Å². The lowest BCUT2D eigenvalue weighted by molar-refractivity contribution is -0.149. The highest BCUT2D eigenvalue weighted by molar-refractivity contribution is 7.99. The van der Waals surface area contributed by atoms with E-state index in [0.717, 1.165) is 16.9 Å². The first-order valence-electron chi connectivity index (χ1n) is 7.20. The smallest absolute Gasteiger partial charge is 0.330 e. The zero-order valence-electron chi connectivity index (χ0n) is 13.1. The number of esters is 1. The van der Waals surface area contributed by atoms with Crippen LogP contribution in [0.25, 0.3) is 0 Å². The van der Waals surface area contributed by atoms with Gasteiger partial charge in [-0.15, -0.1) is 0 Å². The van der Waals surface area contributed by atoms with E-state index < -0.39 is 0 Å². The molecular formula is C14H21N3O4S. The summed E-state index contributed by atoms with van der Waals surface area (Å²) in [6.07, 6.45) is 0. The molecule has 0 unspecified atom stereocenters. The monoisotopic (exact) mass is 327 g/mol. The third-order valence-electron chi connectivity index (χ3n) is 3.79. The fraction of sp³-hybridized carbons (Fsp3) is 0.643. The van der Waals surface area contributed by atoms with Crippen molar-refractivity contribution in [2.75, 3.05) is 24.7 Å². The van der Waals surface area contributed by atoms with Crippen LogP contribution < -0.4 is 11.2 Å². The predicted octanol–water partition coefficient (Wildman–Crippen LogP) is -0.435. The topological polar surface area (TPSA) is 73.5 Å². The number of ether oxygens (including phenoxy) is 1. The highest BCUT2D eigenvalue weighted by Gasteiger charge is 2.30. The molecule has 0 aromatic carbocycles. The molecule has 122 valence electrons. The molecule has 2 rings (SSSR count). The molecule has 0 N–H and O–H groups in total. The quantitative estimate of drug-likeness (QED) is 0.699. The van der Waals surface area contributed by atoms with Crippen LogP contribution in [0.1, 0.15) is 12.6 Å². The second kappa shape index (κ2) is 7.15. The fourth-order valence-electron chi connectivity index (χ4n) is 2.42. The molecule has 1 aliphatic rings. The Bertz CT molecular complexity index is 667. The van der Waals surface area contributed by atoms with Crippen molar-refractivity contribution in [2.45, 2.75) is 19.5 Å². The number of carbonyl (C=O) groups excluding carboxylic acids is 1. The predicted molar refractivity (Wildman–Crippen MR) is 85.1 cm³/mol. The minimum absolute atomic E-state index is 0.247. The summed E-state index contributed by atoms with van der Waals surface area (Å²) in [6.45, 7) is 3.23. The van der Waals surface area contributed by atoms with Crippen LogP contribution in [-0.2, 0) is 30.2 Å². The van der Waals surface area contributed by atoms with Crippen LogP contribution in [0, 0.1) is 0 Å². The van der Waals surface area contributed by atoms with Crippen molar-refractivity contribution in [1.82, 2.24) is 14.0 Å². The van der Waals surface area contributed by atoms with E-state index in [0.29, 0.717) is 24.6 Å². The van der Waals surface area contributed by atoms with Gasteiger partial charge in [0.05, 0.1) is 6.61 Å². The zero-order chi connectivity index (χ0) is 16.3. The summed E-state index contributed by atoms with van der Waals surface area (Å²) >= 11 is 1.71. The third kappa shape index (κ3) is 3.44. The van der Waals surface area contributed by atoms with Crippen molar-refractivity contribution in [3.05, 3.63) is 32.6 Å². The Labute approximate surface area is 132 Å². The average molecular weight is 327 g/mol. The van der Waals surface area contributed by atoms with Crippen LogP contribution in [0.2, 0.25) is 0 Å². The van der Waals surface area contributed by atoms with E-state index in [2.05, 4.69) is 0 Å². The molecule has 2 heterocycles. The molecular weight excluding hydrogens is 306 g/mol. The van der Waals surface area contributed by atoms with Gasteiger partial charge in [-0.2, -0.15) is 11.8 Å². The van der Waals surface area contributed by atoms with Gasteiger partial charge >= 0.3 is 11.7 Å². The molecule has 0 spiro atoms. The van der Waals surface area contributed by atoms with Gasteiger partial charge in [-0.3, -0.25) is 23.6 Å². The van der Waals surface area contributed by atoms with Gasteiger partial charge in [-0.25, -0.2) is 4.79 Å². The molecule has 0 bridgehead atoms. The first-order chi connectivity index (χ1) is 10.5. The Morgan fingerprint density at radius 3 is 2.77 bits per heavy atom. The van der Waals surface area contributed by atoms with Crippen molar-refractivity contribution < 1.29 is 9.53 Å².